The minimum Gasteiger partial charge on any atom is -0.456 e. The second-order valence-electron chi connectivity index (χ2n) is 23.0. The molecule has 0 bridgehead atoms. The molecule has 18 rings (SSSR count). The van der Waals surface area contributed by atoms with Gasteiger partial charge in [-0.05, 0) is 140 Å². The van der Waals surface area contributed by atoms with Crippen molar-refractivity contribution < 1.29 is 13.3 Å². The van der Waals surface area contributed by atoms with Crippen molar-refractivity contribution in [2.45, 2.75) is 0 Å². The molecule has 0 amide bonds. The van der Waals surface area contributed by atoms with Gasteiger partial charge >= 0.3 is 0 Å². The van der Waals surface area contributed by atoms with Crippen LogP contribution in [0.2, 0.25) is 0 Å². The normalized spacial score (nSPS) is 11.3. The number of hydrogen-bond acceptors (Lipinski definition) is 6. The fraction of sp³-hybridized carbons (Fsp3) is 0. The molecular formula is C86H59N3O3. The summed E-state index contributed by atoms with van der Waals surface area (Å²) in [6.45, 7) is 0. The molecule has 0 saturated heterocycles. The Morgan fingerprint density at radius 2 is 0.587 bits per heavy atom. The minimum absolute atomic E-state index is 0.889. The van der Waals surface area contributed by atoms with Gasteiger partial charge in [-0.3, -0.25) is 0 Å². The van der Waals surface area contributed by atoms with Gasteiger partial charge in [0.1, 0.15) is 33.5 Å². The summed E-state index contributed by atoms with van der Waals surface area (Å²) in [4.78, 5) is 0. The van der Waals surface area contributed by atoms with Crippen LogP contribution in [0.5, 0.6) is 0 Å². The fourth-order valence-corrected chi connectivity index (χ4v) is 12.7. The van der Waals surface area contributed by atoms with Gasteiger partial charge in [0, 0.05) is 95.4 Å². The average Bonchev–Trinajstić information content (AvgIpc) is 1.67. The monoisotopic (exact) mass is 1180 g/mol. The third kappa shape index (κ3) is 11.0. The van der Waals surface area contributed by atoms with Crippen LogP contribution >= 0.6 is 0 Å². The van der Waals surface area contributed by atoms with Gasteiger partial charge in [0.2, 0.25) is 0 Å². The lowest BCUT2D eigenvalue weighted by Crippen LogP contribution is -1.92. The Morgan fingerprint density at radius 1 is 0.185 bits per heavy atom. The van der Waals surface area contributed by atoms with Crippen molar-refractivity contribution in [1.82, 2.24) is 0 Å². The number of benzene rings is 15. The number of rotatable bonds is 10. The molecule has 0 aliphatic heterocycles. The van der Waals surface area contributed by atoms with E-state index in [2.05, 4.69) is 313 Å². The van der Waals surface area contributed by atoms with Gasteiger partial charge in [-0.1, -0.05) is 237 Å². The summed E-state index contributed by atoms with van der Waals surface area (Å²) in [5.74, 6) is 0. The highest BCUT2D eigenvalue weighted by molar-refractivity contribution is 6.16. The molecule has 0 aliphatic rings. The van der Waals surface area contributed by atoms with Crippen molar-refractivity contribution in [3.05, 3.63) is 340 Å². The highest BCUT2D eigenvalue weighted by atomic mass is 16.3. The Morgan fingerprint density at radius 3 is 1.20 bits per heavy atom. The van der Waals surface area contributed by atoms with Gasteiger partial charge < -0.3 is 29.2 Å². The third-order valence-corrected chi connectivity index (χ3v) is 17.1. The Balaban J connectivity index is 0.000000111. The molecule has 436 valence electrons. The zero-order valence-electron chi connectivity index (χ0n) is 50.1. The largest absolute Gasteiger partial charge is 0.456 e. The molecule has 0 fully saturated rings. The van der Waals surface area contributed by atoms with Crippen LogP contribution in [0, 0.1) is 0 Å². The van der Waals surface area contributed by atoms with E-state index in [4.69, 9.17) is 13.3 Å². The molecule has 6 heteroatoms. The van der Waals surface area contributed by atoms with E-state index >= 15 is 0 Å². The molecule has 0 saturated carbocycles. The number of para-hydroxylation sites is 2. The van der Waals surface area contributed by atoms with E-state index in [-0.39, 0.29) is 0 Å². The maximum atomic E-state index is 6.37. The van der Waals surface area contributed by atoms with E-state index in [0.717, 1.165) is 105 Å². The quantitative estimate of drug-likeness (QED) is 0.127. The van der Waals surface area contributed by atoms with E-state index in [1.165, 1.54) is 60.7 Å². The first kappa shape index (κ1) is 55.0. The molecule has 0 atom stereocenters. The third-order valence-electron chi connectivity index (χ3n) is 17.1. The highest BCUT2D eigenvalue weighted by Gasteiger charge is 2.15. The summed E-state index contributed by atoms with van der Waals surface area (Å²) in [5, 5.41) is 22.3. The van der Waals surface area contributed by atoms with Crippen LogP contribution in [0.25, 0.3) is 132 Å². The first-order valence-corrected chi connectivity index (χ1v) is 31.0. The number of fused-ring (bicyclic) bond motifs is 12. The van der Waals surface area contributed by atoms with E-state index in [0.29, 0.717) is 0 Å². The molecule has 15 aromatic carbocycles. The minimum atomic E-state index is 0.889. The predicted octanol–water partition coefficient (Wildman–Crippen LogP) is 25.0. The molecule has 3 aromatic heterocycles. The fourth-order valence-electron chi connectivity index (χ4n) is 12.7. The van der Waals surface area contributed by atoms with Gasteiger partial charge in [-0.25, -0.2) is 0 Å². The number of hydrogen-bond donors (Lipinski definition) is 3. The Kier molecular flexibility index (Phi) is 14.5. The number of anilines is 6. The zero-order valence-corrected chi connectivity index (χ0v) is 50.1. The average molecular weight is 1180 g/mol. The lowest BCUT2D eigenvalue weighted by Gasteiger charge is -2.14. The van der Waals surface area contributed by atoms with Gasteiger partial charge in [-0.15, -0.1) is 0 Å². The zero-order chi connectivity index (χ0) is 61.2. The van der Waals surface area contributed by atoms with Crippen LogP contribution in [0.4, 0.5) is 34.1 Å². The molecule has 3 N–H and O–H groups in total. The first-order valence-electron chi connectivity index (χ1n) is 31.0. The van der Waals surface area contributed by atoms with Crippen molar-refractivity contribution in [2.24, 2.45) is 0 Å². The number of furan rings is 3. The predicted molar refractivity (Wildman–Crippen MR) is 387 cm³/mol. The van der Waals surface area contributed by atoms with Crippen molar-refractivity contribution in [2.75, 3.05) is 16.0 Å². The highest BCUT2D eigenvalue weighted by Crippen LogP contribution is 2.41. The second-order valence-corrected chi connectivity index (χ2v) is 23.0. The Bertz CT molecular complexity index is 5680. The molecule has 0 unspecified atom stereocenters. The summed E-state index contributed by atoms with van der Waals surface area (Å²) >= 11 is 0. The summed E-state index contributed by atoms with van der Waals surface area (Å²) < 4.78 is 18.4. The molecule has 6 nitrogen and oxygen atoms in total. The second kappa shape index (κ2) is 24.3. The van der Waals surface area contributed by atoms with E-state index in [1.54, 1.807) is 0 Å². The summed E-state index contributed by atoms with van der Waals surface area (Å²) in [6.07, 6.45) is 0. The molecular weight excluding hydrogens is 1120 g/mol. The van der Waals surface area contributed by atoms with Crippen LogP contribution in [-0.4, -0.2) is 0 Å². The molecule has 0 radical (unpaired) electrons. The van der Waals surface area contributed by atoms with Crippen molar-refractivity contribution >= 4 is 121 Å². The molecule has 3 heterocycles. The van der Waals surface area contributed by atoms with Gasteiger partial charge in [0.15, 0.2) is 0 Å². The van der Waals surface area contributed by atoms with E-state index in [9.17, 15) is 0 Å². The van der Waals surface area contributed by atoms with Gasteiger partial charge in [-0.2, -0.15) is 0 Å². The lowest BCUT2D eigenvalue weighted by atomic mass is 9.94. The molecule has 18 aromatic rings. The van der Waals surface area contributed by atoms with Crippen LogP contribution in [0.1, 0.15) is 0 Å². The number of nitrogens with one attached hydrogen (secondary N) is 3. The smallest absolute Gasteiger partial charge is 0.143 e. The van der Waals surface area contributed by atoms with E-state index < -0.39 is 0 Å². The SMILES string of the molecule is c1ccc(-c2ccc(Nc3ccc4c(c3)oc3c5ccccc5ccc43)c3ccccc23)cc1.c1ccc(-c2ccc(Nc3ccc4c(c3)oc3ccccc34)cc2-c2ccccc2)cc1.c1ccc(-c2cccc(Nc3ccc4c(c3)oc3ccccc34)c2)cc1. The first-order chi connectivity index (χ1) is 45.6. The van der Waals surface area contributed by atoms with Crippen molar-refractivity contribution in [1.29, 1.82) is 0 Å². The molecule has 0 spiro atoms. The summed E-state index contributed by atoms with van der Waals surface area (Å²) in [7, 11) is 0. The Hall–Kier alpha value is -12.4. The van der Waals surface area contributed by atoms with Gasteiger partial charge in [0.25, 0.3) is 0 Å². The summed E-state index contributed by atoms with van der Waals surface area (Å²) in [6, 6.07) is 118. The topological polar surface area (TPSA) is 75.5 Å². The Labute approximate surface area is 531 Å². The van der Waals surface area contributed by atoms with Crippen LogP contribution < -0.4 is 16.0 Å². The summed E-state index contributed by atoms with van der Waals surface area (Å²) in [5.41, 5.74) is 21.4. The van der Waals surface area contributed by atoms with Crippen molar-refractivity contribution in [3.8, 4) is 44.5 Å². The van der Waals surface area contributed by atoms with Crippen LogP contribution in [0.15, 0.2) is 353 Å². The van der Waals surface area contributed by atoms with E-state index in [1.807, 2.05) is 42.5 Å². The maximum Gasteiger partial charge on any atom is 0.143 e. The van der Waals surface area contributed by atoms with Gasteiger partial charge in [0.05, 0.1) is 0 Å². The van der Waals surface area contributed by atoms with Crippen LogP contribution in [-0.2, 0) is 0 Å². The molecule has 92 heavy (non-hydrogen) atoms. The standard InChI is InChI=1S/C32H21NO.C30H21NO.C24H17NO/c1-2-8-21(9-3-1)24-18-19-30(27-13-7-6-12-26(24)27)33-23-15-17-28-29-16-14-22-10-4-5-11-25(22)32(29)34-31(28)20-23;1-3-9-21(10-4-1)25-17-15-23(19-28(25)22-11-5-2-6-12-22)31-24-16-18-27-26-13-7-8-14-29(26)32-30(27)20-24;1-2-7-17(8-3-1)18-9-6-10-19(15-18)25-20-13-14-22-21-11-4-5-12-23(21)26-24(22)16-20/h1-20,33H;1-20,31H;1-16,25H. The maximum absolute atomic E-state index is 6.37. The molecule has 0 aliphatic carbocycles. The van der Waals surface area contributed by atoms with Crippen molar-refractivity contribution in [3.63, 3.8) is 0 Å². The lowest BCUT2D eigenvalue weighted by molar-refractivity contribution is 0.668. The van der Waals surface area contributed by atoms with Crippen LogP contribution in [0.3, 0.4) is 0 Å².